The van der Waals surface area contributed by atoms with Crippen LogP contribution in [0.3, 0.4) is 0 Å². The molecule has 0 aromatic heterocycles. The largest absolute Gasteiger partial charge is 0.452 e. The molecule has 154 valence electrons. The molecule has 1 amide bonds. The number of ether oxygens (including phenoxy) is 2. The standard InChI is InChI=1S/C19H19BrN2O6S/c20-16-3-1-2-4-17(16)21-18(23)13-28-19(24)14-5-7-15(8-6-14)29(25,26)22-9-11-27-12-10-22/h1-8H,9-13H2,(H,21,23). The molecule has 1 aliphatic rings. The number of nitrogens with one attached hydrogen (secondary N) is 1. The zero-order valence-corrected chi connectivity index (χ0v) is 17.7. The summed E-state index contributed by atoms with van der Waals surface area (Å²) in [6.45, 7) is 0.821. The molecule has 8 nitrogen and oxygen atoms in total. The van der Waals surface area contributed by atoms with Crippen molar-refractivity contribution in [2.24, 2.45) is 0 Å². The van der Waals surface area contributed by atoms with Crippen LogP contribution in [0, 0.1) is 0 Å². The maximum Gasteiger partial charge on any atom is 0.338 e. The Balaban J connectivity index is 1.57. The summed E-state index contributed by atoms with van der Waals surface area (Å²) < 4.78 is 37.4. The van der Waals surface area contributed by atoms with Gasteiger partial charge in [-0.05, 0) is 52.3 Å². The second-order valence-corrected chi connectivity index (χ2v) is 8.94. The van der Waals surface area contributed by atoms with Crippen molar-refractivity contribution in [1.29, 1.82) is 0 Å². The first-order valence-corrected chi connectivity index (χ1v) is 11.0. The molecule has 10 heteroatoms. The van der Waals surface area contributed by atoms with Crippen LogP contribution in [0.5, 0.6) is 0 Å². The van der Waals surface area contributed by atoms with E-state index in [0.29, 0.717) is 36.5 Å². The summed E-state index contributed by atoms with van der Waals surface area (Å²) in [6, 6.07) is 12.5. The first-order chi connectivity index (χ1) is 13.9. The Hall–Kier alpha value is -2.27. The average molecular weight is 483 g/mol. The zero-order valence-electron chi connectivity index (χ0n) is 15.3. The molecule has 1 heterocycles. The van der Waals surface area contributed by atoms with Crippen molar-refractivity contribution in [3.63, 3.8) is 0 Å². The van der Waals surface area contributed by atoms with Crippen LogP contribution >= 0.6 is 15.9 Å². The Morgan fingerprint density at radius 2 is 1.72 bits per heavy atom. The summed E-state index contributed by atoms with van der Waals surface area (Å²) >= 11 is 3.31. The lowest BCUT2D eigenvalue weighted by Crippen LogP contribution is -2.40. The van der Waals surface area contributed by atoms with Crippen molar-refractivity contribution >= 4 is 43.5 Å². The predicted molar refractivity (Wildman–Crippen MR) is 109 cm³/mol. The summed E-state index contributed by atoms with van der Waals surface area (Å²) in [4.78, 5) is 24.2. The first-order valence-electron chi connectivity index (χ1n) is 8.77. The van der Waals surface area contributed by atoms with Gasteiger partial charge >= 0.3 is 5.97 Å². The van der Waals surface area contributed by atoms with Crippen LogP contribution in [0.1, 0.15) is 10.4 Å². The molecular formula is C19H19BrN2O6S. The third-order valence-electron chi connectivity index (χ3n) is 4.18. The summed E-state index contributed by atoms with van der Waals surface area (Å²) in [5, 5.41) is 2.62. The van der Waals surface area contributed by atoms with Gasteiger partial charge in [0.05, 0.1) is 29.4 Å². The fourth-order valence-electron chi connectivity index (χ4n) is 2.66. The minimum absolute atomic E-state index is 0.0858. The van der Waals surface area contributed by atoms with Crippen LogP contribution in [0.4, 0.5) is 5.69 Å². The van der Waals surface area contributed by atoms with Gasteiger partial charge in [0.2, 0.25) is 10.0 Å². The van der Waals surface area contributed by atoms with Crippen molar-refractivity contribution in [1.82, 2.24) is 4.31 Å². The molecular weight excluding hydrogens is 464 g/mol. The van der Waals surface area contributed by atoms with E-state index in [0.717, 1.165) is 0 Å². The second-order valence-electron chi connectivity index (χ2n) is 6.14. The van der Waals surface area contributed by atoms with E-state index >= 15 is 0 Å². The van der Waals surface area contributed by atoms with Gasteiger partial charge in [0, 0.05) is 17.6 Å². The molecule has 0 aliphatic carbocycles. The van der Waals surface area contributed by atoms with Crippen LogP contribution in [0.15, 0.2) is 57.9 Å². The van der Waals surface area contributed by atoms with Crippen LogP contribution in [-0.2, 0) is 24.3 Å². The number of amides is 1. The highest BCUT2D eigenvalue weighted by molar-refractivity contribution is 9.10. The SMILES string of the molecule is O=C(COC(=O)c1ccc(S(=O)(=O)N2CCOCC2)cc1)Nc1ccccc1Br. The first kappa shape index (κ1) is 21.4. The maximum absolute atomic E-state index is 12.6. The Kier molecular flexibility index (Phi) is 7.01. The molecule has 1 N–H and O–H groups in total. The highest BCUT2D eigenvalue weighted by atomic mass is 79.9. The number of anilines is 1. The Morgan fingerprint density at radius 3 is 2.38 bits per heavy atom. The Bertz CT molecular complexity index is 988. The van der Waals surface area contributed by atoms with Gasteiger partial charge in [-0.1, -0.05) is 12.1 Å². The van der Waals surface area contributed by atoms with Gasteiger partial charge in [-0.15, -0.1) is 0 Å². The fourth-order valence-corrected chi connectivity index (χ4v) is 4.45. The molecule has 0 atom stereocenters. The molecule has 0 unspecified atom stereocenters. The number of carbonyl (C=O) groups is 2. The lowest BCUT2D eigenvalue weighted by molar-refractivity contribution is -0.119. The fraction of sp³-hybridized carbons (Fsp3) is 0.263. The number of carbonyl (C=O) groups excluding carboxylic acids is 2. The summed E-state index contributed by atoms with van der Waals surface area (Å²) in [5.74, 6) is -1.21. The van der Waals surface area contributed by atoms with E-state index in [1.165, 1.54) is 28.6 Å². The number of rotatable bonds is 6. The minimum atomic E-state index is -3.64. The van der Waals surface area contributed by atoms with Gasteiger partial charge in [-0.25, -0.2) is 13.2 Å². The minimum Gasteiger partial charge on any atom is -0.452 e. The van der Waals surface area contributed by atoms with Gasteiger partial charge in [0.25, 0.3) is 5.91 Å². The van der Waals surface area contributed by atoms with E-state index in [1.807, 2.05) is 6.07 Å². The van der Waals surface area contributed by atoms with Crippen molar-refractivity contribution in [3.8, 4) is 0 Å². The van der Waals surface area contributed by atoms with Crippen LogP contribution in [-0.4, -0.2) is 57.5 Å². The van der Waals surface area contributed by atoms with Crippen LogP contribution in [0.25, 0.3) is 0 Å². The van der Waals surface area contributed by atoms with E-state index in [-0.39, 0.29) is 10.5 Å². The lowest BCUT2D eigenvalue weighted by Gasteiger charge is -2.26. The number of benzene rings is 2. The zero-order chi connectivity index (χ0) is 20.9. The number of hydrogen-bond donors (Lipinski definition) is 1. The summed E-state index contributed by atoms with van der Waals surface area (Å²) in [6.07, 6.45) is 0. The van der Waals surface area contributed by atoms with E-state index in [4.69, 9.17) is 9.47 Å². The molecule has 1 fully saturated rings. The number of halogens is 1. The van der Waals surface area contributed by atoms with Crippen molar-refractivity contribution in [2.45, 2.75) is 4.90 Å². The molecule has 0 bridgehead atoms. The predicted octanol–water partition coefficient (Wildman–Crippen LogP) is 2.27. The Morgan fingerprint density at radius 1 is 1.07 bits per heavy atom. The number of morpholine rings is 1. The number of nitrogens with zero attached hydrogens (tertiary/aromatic N) is 1. The number of sulfonamides is 1. The number of esters is 1. The van der Waals surface area contributed by atoms with Gasteiger partial charge in [0.1, 0.15) is 0 Å². The molecule has 1 aliphatic heterocycles. The van der Waals surface area contributed by atoms with E-state index in [9.17, 15) is 18.0 Å². The lowest BCUT2D eigenvalue weighted by atomic mass is 10.2. The van der Waals surface area contributed by atoms with E-state index in [2.05, 4.69) is 21.2 Å². The molecule has 0 spiro atoms. The van der Waals surface area contributed by atoms with Crippen molar-refractivity contribution < 1.29 is 27.5 Å². The van der Waals surface area contributed by atoms with Crippen LogP contribution in [0.2, 0.25) is 0 Å². The highest BCUT2D eigenvalue weighted by Crippen LogP contribution is 2.21. The highest BCUT2D eigenvalue weighted by Gasteiger charge is 2.26. The van der Waals surface area contributed by atoms with Gasteiger partial charge in [0.15, 0.2) is 6.61 Å². The Labute approximate surface area is 177 Å². The van der Waals surface area contributed by atoms with Gasteiger partial charge in [-0.3, -0.25) is 4.79 Å². The molecule has 3 rings (SSSR count). The molecule has 29 heavy (non-hydrogen) atoms. The topological polar surface area (TPSA) is 102 Å². The van der Waals surface area contributed by atoms with Crippen molar-refractivity contribution in [3.05, 3.63) is 58.6 Å². The quantitative estimate of drug-likeness (QED) is 0.633. The molecule has 1 saturated heterocycles. The number of hydrogen-bond acceptors (Lipinski definition) is 6. The monoisotopic (exact) mass is 482 g/mol. The maximum atomic E-state index is 12.6. The van der Waals surface area contributed by atoms with Crippen LogP contribution < -0.4 is 5.32 Å². The summed E-state index contributed by atoms with van der Waals surface area (Å²) in [5.41, 5.74) is 0.714. The van der Waals surface area contributed by atoms with Crippen molar-refractivity contribution in [2.75, 3.05) is 38.2 Å². The third kappa shape index (κ3) is 5.41. The smallest absolute Gasteiger partial charge is 0.338 e. The number of para-hydroxylation sites is 1. The summed E-state index contributed by atoms with van der Waals surface area (Å²) in [7, 11) is -3.64. The normalized spacial score (nSPS) is 14.9. The van der Waals surface area contributed by atoms with E-state index in [1.54, 1.807) is 18.2 Å². The van der Waals surface area contributed by atoms with E-state index < -0.39 is 28.5 Å². The molecule has 2 aromatic carbocycles. The van der Waals surface area contributed by atoms with Gasteiger partial charge < -0.3 is 14.8 Å². The second kappa shape index (κ2) is 9.49. The molecule has 2 aromatic rings. The molecule has 0 radical (unpaired) electrons. The third-order valence-corrected chi connectivity index (χ3v) is 6.78. The van der Waals surface area contributed by atoms with Gasteiger partial charge in [-0.2, -0.15) is 4.31 Å². The molecule has 0 saturated carbocycles. The average Bonchev–Trinajstić information content (AvgIpc) is 2.74.